The number of nitrogens with zero attached hydrogens (tertiary/aromatic N) is 3. The van der Waals surface area contributed by atoms with Gasteiger partial charge in [-0.15, -0.1) is 5.06 Å². The molecule has 0 bridgehead atoms. The van der Waals surface area contributed by atoms with E-state index >= 15 is 0 Å². The lowest BCUT2D eigenvalue weighted by Crippen LogP contribution is -2.38. The second kappa shape index (κ2) is 12.6. The summed E-state index contributed by atoms with van der Waals surface area (Å²) in [7, 11) is -1.10. The van der Waals surface area contributed by atoms with E-state index in [1.807, 2.05) is 35.9 Å². The van der Waals surface area contributed by atoms with Crippen molar-refractivity contribution in [1.82, 2.24) is 5.06 Å². The van der Waals surface area contributed by atoms with Crippen molar-refractivity contribution in [2.75, 3.05) is 11.4 Å². The van der Waals surface area contributed by atoms with E-state index in [9.17, 15) is 27.6 Å². The highest BCUT2D eigenvalue weighted by atomic mass is 32.2. The number of benzene rings is 4. The fourth-order valence-corrected chi connectivity index (χ4v) is 7.03. The van der Waals surface area contributed by atoms with Crippen molar-refractivity contribution in [1.29, 1.82) is 0 Å². The minimum absolute atomic E-state index is 0.00653. The number of hydrogen-bond acceptors (Lipinski definition) is 8. The van der Waals surface area contributed by atoms with Crippen molar-refractivity contribution >= 4 is 61.2 Å². The fraction of sp³-hybridized carbons (Fsp3) is 0.171. The van der Waals surface area contributed by atoms with Gasteiger partial charge in [-0.05, 0) is 60.5 Å². The molecule has 0 spiro atoms. The molecule has 47 heavy (non-hydrogen) atoms. The van der Waals surface area contributed by atoms with Crippen molar-refractivity contribution in [3.8, 4) is 5.75 Å². The molecular formula is C35H30N3O8S+. The Morgan fingerprint density at radius 2 is 1.36 bits per heavy atom. The zero-order valence-electron chi connectivity index (χ0n) is 25.6. The van der Waals surface area contributed by atoms with Crippen LogP contribution in [-0.4, -0.2) is 44.3 Å². The summed E-state index contributed by atoms with van der Waals surface area (Å²) in [5, 5.41) is 1.67. The largest absolute Gasteiger partial charge is 0.497 e. The average Bonchev–Trinajstić information content (AvgIpc) is 3.40. The number of hydroxylamine groups is 2. The van der Waals surface area contributed by atoms with Crippen LogP contribution in [0.1, 0.15) is 35.2 Å². The Morgan fingerprint density at radius 3 is 1.91 bits per heavy atom. The molecule has 5 aromatic rings. The Kier molecular flexibility index (Phi) is 8.44. The molecule has 1 saturated heterocycles. The number of anilines is 1. The van der Waals surface area contributed by atoms with Crippen molar-refractivity contribution in [2.45, 2.75) is 30.6 Å². The second-order valence-electron chi connectivity index (χ2n) is 10.9. The first-order valence-corrected chi connectivity index (χ1v) is 16.2. The van der Waals surface area contributed by atoms with E-state index in [1.54, 1.807) is 36.4 Å². The van der Waals surface area contributed by atoms with E-state index < -0.39 is 33.7 Å². The van der Waals surface area contributed by atoms with Crippen LogP contribution in [0.2, 0.25) is 0 Å². The smallest absolute Gasteiger partial charge is 0.333 e. The van der Waals surface area contributed by atoms with Crippen molar-refractivity contribution in [3.63, 3.8) is 0 Å². The SMILES string of the molecule is COc1ccc(N(C(=O)c2c3ccccc3[n+](C)c3ccccc23)S(=O)(=O)c2ccc(CCC(=O)ON3C(=O)CCC3=O)cc2)cc1. The molecule has 0 aliphatic carbocycles. The number of imide groups is 1. The standard InChI is InChI=1S/C35H30N3O8S/c1-36-29-9-5-3-7-27(29)34(28-8-4-6-10-30(28)36)35(42)38(24-14-16-25(45-2)17-15-24)47(43,44)26-18-11-23(12-19-26)13-22-33(41)46-37-31(39)20-21-32(37)40/h3-12,14-19H,13,20-22H2,1-2H3/q+1. The molecule has 3 amide bonds. The van der Waals surface area contributed by atoms with Gasteiger partial charge in [0.15, 0.2) is 0 Å². The molecule has 238 valence electrons. The van der Waals surface area contributed by atoms with Gasteiger partial charge in [-0.1, -0.05) is 36.4 Å². The summed E-state index contributed by atoms with van der Waals surface area (Å²) in [6.45, 7) is 0. The van der Waals surface area contributed by atoms with E-state index in [-0.39, 0.29) is 41.8 Å². The number of ether oxygens (including phenoxy) is 1. The Hall–Kier alpha value is -5.62. The number of aryl methyl sites for hydroxylation is 2. The summed E-state index contributed by atoms with van der Waals surface area (Å²) in [5.74, 6) is -2.15. The summed E-state index contributed by atoms with van der Waals surface area (Å²) < 4.78 is 36.8. The number of carbonyl (C=O) groups excluding carboxylic acids is 4. The number of rotatable bonds is 9. The maximum Gasteiger partial charge on any atom is 0.333 e. The first-order valence-electron chi connectivity index (χ1n) is 14.8. The Morgan fingerprint density at radius 1 is 0.809 bits per heavy atom. The number of aromatic nitrogens is 1. The topological polar surface area (TPSA) is 131 Å². The molecule has 1 aromatic heterocycles. The first kappa shape index (κ1) is 31.4. The number of carbonyl (C=O) groups is 4. The fourth-order valence-electron chi connectivity index (χ4n) is 5.63. The molecule has 2 heterocycles. The zero-order chi connectivity index (χ0) is 33.3. The molecule has 0 atom stereocenters. The molecule has 4 aromatic carbocycles. The Bertz CT molecular complexity index is 2090. The number of pyridine rings is 1. The number of para-hydroxylation sites is 2. The van der Waals surface area contributed by atoms with E-state index in [0.717, 1.165) is 15.3 Å². The maximum absolute atomic E-state index is 14.7. The quantitative estimate of drug-likeness (QED) is 0.130. The summed E-state index contributed by atoms with van der Waals surface area (Å²) in [6, 6.07) is 26.7. The van der Waals surface area contributed by atoms with Crippen LogP contribution < -0.4 is 13.6 Å². The lowest BCUT2D eigenvalue weighted by Gasteiger charge is -2.24. The predicted molar refractivity (Wildman–Crippen MR) is 172 cm³/mol. The number of fused-ring (bicyclic) bond motifs is 2. The number of methoxy groups -OCH3 is 1. The van der Waals surface area contributed by atoms with Crippen molar-refractivity contribution < 1.29 is 41.7 Å². The molecule has 1 aliphatic heterocycles. The molecule has 12 heteroatoms. The minimum atomic E-state index is -4.48. The molecule has 1 aliphatic rings. The van der Waals surface area contributed by atoms with Crippen LogP contribution in [0.4, 0.5) is 5.69 Å². The van der Waals surface area contributed by atoms with E-state index in [4.69, 9.17) is 9.57 Å². The Balaban J connectivity index is 1.36. The second-order valence-corrected chi connectivity index (χ2v) is 12.7. The van der Waals surface area contributed by atoms with Gasteiger partial charge < -0.3 is 9.57 Å². The van der Waals surface area contributed by atoms with Gasteiger partial charge >= 0.3 is 5.97 Å². The molecule has 1 fully saturated rings. The van der Waals surface area contributed by atoms with Gasteiger partial charge in [0.2, 0.25) is 11.0 Å². The maximum atomic E-state index is 14.7. The van der Waals surface area contributed by atoms with Crippen LogP contribution in [0.5, 0.6) is 5.75 Å². The first-order chi connectivity index (χ1) is 22.6. The average molecular weight is 653 g/mol. The summed E-state index contributed by atoms with van der Waals surface area (Å²) >= 11 is 0. The molecule has 0 unspecified atom stereocenters. The van der Waals surface area contributed by atoms with Crippen LogP contribution in [0.15, 0.2) is 102 Å². The third-order valence-electron chi connectivity index (χ3n) is 8.05. The summed E-state index contributed by atoms with van der Waals surface area (Å²) in [5.41, 5.74) is 2.47. The molecule has 11 nitrogen and oxygen atoms in total. The van der Waals surface area contributed by atoms with Crippen molar-refractivity contribution in [3.05, 3.63) is 108 Å². The summed E-state index contributed by atoms with van der Waals surface area (Å²) in [4.78, 5) is 55.2. The lowest BCUT2D eigenvalue weighted by molar-refractivity contribution is -0.617. The molecule has 6 rings (SSSR count). The highest BCUT2D eigenvalue weighted by Gasteiger charge is 2.36. The van der Waals surface area contributed by atoms with E-state index in [2.05, 4.69) is 0 Å². The molecular weight excluding hydrogens is 622 g/mol. The van der Waals surface area contributed by atoms with Gasteiger partial charge in [0.25, 0.3) is 27.7 Å². The highest BCUT2D eigenvalue weighted by Crippen LogP contribution is 2.32. The molecule has 0 radical (unpaired) electrons. The number of sulfonamides is 1. The van der Waals surface area contributed by atoms with Gasteiger partial charge in [0, 0.05) is 25.0 Å². The van der Waals surface area contributed by atoms with Gasteiger partial charge in [-0.2, -0.15) is 8.87 Å². The summed E-state index contributed by atoms with van der Waals surface area (Å²) in [6.07, 6.45) is 0.00155. The van der Waals surface area contributed by atoms with Crippen LogP contribution in [0.3, 0.4) is 0 Å². The van der Waals surface area contributed by atoms with Gasteiger partial charge in [0.1, 0.15) is 12.8 Å². The molecule has 0 saturated carbocycles. The minimum Gasteiger partial charge on any atom is -0.497 e. The third kappa shape index (κ3) is 5.90. The van der Waals surface area contributed by atoms with E-state index in [1.165, 1.54) is 43.5 Å². The van der Waals surface area contributed by atoms with Gasteiger partial charge in [-0.25, -0.2) is 13.2 Å². The number of amides is 3. The van der Waals surface area contributed by atoms with E-state index in [0.29, 0.717) is 27.1 Å². The third-order valence-corrected chi connectivity index (χ3v) is 9.78. The molecule has 0 N–H and O–H groups in total. The van der Waals surface area contributed by atoms with Crippen molar-refractivity contribution in [2.24, 2.45) is 7.05 Å². The predicted octanol–water partition coefficient (Wildman–Crippen LogP) is 4.40. The normalized spacial score (nSPS) is 13.3. The zero-order valence-corrected chi connectivity index (χ0v) is 26.4. The van der Waals surface area contributed by atoms with Crippen LogP contribution >= 0.6 is 0 Å². The van der Waals surface area contributed by atoms with Crippen LogP contribution in [-0.2, 0) is 42.7 Å². The Labute approximate surface area is 270 Å². The van der Waals surface area contributed by atoms with Gasteiger partial charge in [0.05, 0.1) is 40.4 Å². The monoisotopic (exact) mass is 652 g/mol. The van der Waals surface area contributed by atoms with Crippen LogP contribution in [0, 0.1) is 0 Å². The number of hydrogen-bond donors (Lipinski definition) is 0. The lowest BCUT2D eigenvalue weighted by atomic mass is 10.0. The highest BCUT2D eigenvalue weighted by molar-refractivity contribution is 7.93. The van der Waals surface area contributed by atoms with Crippen LogP contribution in [0.25, 0.3) is 21.8 Å². The van der Waals surface area contributed by atoms with Gasteiger partial charge in [-0.3, -0.25) is 14.4 Å².